The fourth-order valence-electron chi connectivity index (χ4n) is 3.52. The minimum atomic E-state index is -3.85. The number of sulfonamides is 1. The van der Waals surface area contributed by atoms with Gasteiger partial charge < -0.3 is 19.7 Å². The number of anilines is 1. The van der Waals surface area contributed by atoms with Crippen LogP contribution in [0.2, 0.25) is 0 Å². The largest absolute Gasteiger partial charge is 0.496 e. The van der Waals surface area contributed by atoms with Crippen molar-refractivity contribution in [1.29, 1.82) is 0 Å². The summed E-state index contributed by atoms with van der Waals surface area (Å²) in [6.07, 6.45) is 0. The Morgan fingerprint density at radius 1 is 0.882 bits per heavy atom. The van der Waals surface area contributed by atoms with Crippen molar-refractivity contribution in [2.45, 2.75) is 10.9 Å². The summed E-state index contributed by atoms with van der Waals surface area (Å²) in [4.78, 5) is 14.8. The number of nitrogens with one attached hydrogen (secondary N) is 2. The average Bonchev–Trinajstić information content (AvgIpc) is 2.84. The van der Waals surface area contributed by atoms with E-state index >= 15 is 0 Å². The number of likely N-dealkylation sites (N-methyl/N-ethyl adjacent to an activating group) is 1. The molecule has 0 saturated heterocycles. The van der Waals surface area contributed by atoms with E-state index in [-0.39, 0.29) is 16.8 Å². The topological polar surface area (TPSA) is 97.0 Å². The summed E-state index contributed by atoms with van der Waals surface area (Å²) in [6.45, 7) is 0.349. The molecule has 0 aliphatic heterocycles. The van der Waals surface area contributed by atoms with Crippen LogP contribution in [0.3, 0.4) is 0 Å². The van der Waals surface area contributed by atoms with Crippen LogP contribution in [0.15, 0.2) is 77.7 Å². The summed E-state index contributed by atoms with van der Waals surface area (Å²) >= 11 is 0. The monoisotopic (exact) mass is 483 g/mol. The number of benzene rings is 3. The third-order valence-corrected chi connectivity index (χ3v) is 6.74. The maximum absolute atomic E-state index is 12.8. The van der Waals surface area contributed by atoms with Crippen molar-refractivity contribution >= 4 is 21.6 Å². The first-order valence-corrected chi connectivity index (χ1v) is 12.1. The fourth-order valence-corrected chi connectivity index (χ4v) is 4.59. The van der Waals surface area contributed by atoms with Crippen LogP contribution in [0.4, 0.5) is 5.69 Å². The highest BCUT2D eigenvalue weighted by molar-refractivity contribution is 7.92. The summed E-state index contributed by atoms with van der Waals surface area (Å²) < 4.78 is 38.7. The molecule has 3 aromatic rings. The molecule has 9 heteroatoms. The van der Waals surface area contributed by atoms with Gasteiger partial charge in [-0.2, -0.15) is 0 Å². The number of methoxy groups -OCH3 is 2. The van der Waals surface area contributed by atoms with Crippen molar-refractivity contribution in [2.24, 2.45) is 0 Å². The lowest BCUT2D eigenvalue weighted by Crippen LogP contribution is -2.34. The molecule has 0 aromatic heterocycles. The SMILES string of the molecule is COc1ccccc1NS(=O)(=O)c1ccc(C(=O)NC[C@@H](c2ccccc2OC)N(C)C)cc1. The highest BCUT2D eigenvalue weighted by atomic mass is 32.2. The summed E-state index contributed by atoms with van der Waals surface area (Å²) in [5, 5.41) is 2.93. The zero-order valence-corrected chi connectivity index (χ0v) is 20.4. The Hall–Kier alpha value is -3.56. The number of carbonyl (C=O) groups is 1. The zero-order valence-electron chi connectivity index (χ0n) is 19.6. The maximum atomic E-state index is 12.8. The molecule has 2 N–H and O–H groups in total. The van der Waals surface area contributed by atoms with Crippen LogP contribution in [0.5, 0.6) is 11.5 Å². The van der Waals surface area contributed by atoms with Gasteiger partial charge in [0.15, 0.2) is 0 Å². The second-order valence-corrected chi connectivity index (χ2v) is 9.44. The standard InChI is InChI=1S/C25H29N3O5S/c1-28(2)22(20-9-5-7-11-23(20)32-3)17-26-25(29)18-13-15-19(16-14-18)34(30,31)27-21-10-6-8-12-24(21)33-4/h5-16,22,27H,17H2,1-4H3,(H,26,29)/t22-/m0/s1. The van der Waals surface area contributed by atoms with Crippen LogP contribution in [0.1, 0.15) is 22.0 Å². The predicted octanol–water partition coefficient (Wildman–Crippen LogP) is 3.54. The van der Waals surface area contributed by atoms with Crippen molar-refractivity contribution < 1.29 is 22.7 Å². The number of nitrogens with zero attached hydrogens (tertiary/aromatic N) is 1. The Morgan fingerprint density at radius 3 is 2.09 bits per heavy atom. The van der Waals surface area contributed by atoms with Gasteiger partial charge in [0.1, 0.15) is 11.5 Å². The van der Waals surface area contributed by atoms with Crippen molar-refractivity contribution in [3.8, 4) is 11.5 Å². The van der Waals surface area contributed by atoms with Crippen LogP contribution in [-0.4, -0.2) is 54.1 Å². The number of hydrogen-bond acceptors (Lipinski definition) is 6. The maximum Gasteiger partial charge on any atom is 0.262 e. The second-order valence-electron chi connectivity index (χ2n) is 7.76. The molecule has 0 bridgehead atoms. The Labute approximate surface area is 200 Å². The molecule has 34 heavy (non-hydrogen) atoms. The van der Waals surface area contributed by atoms with Crippen molar-refractivity contribution in [2.75, 3.05) is 39.6 Å². The molecule has 0 radical (unpaired) electrons. The van der Waals surface area contributed by atoms with E-state index in [0.717, 1.165) is 11.3 Å². The molecule has 0 fully saturated rings. The molecule has 0 aliphatic carbocycles. The lowest BCUT2D eigenvalue weighted by molar-refractivity contribution is 0.0941. The highest BCUT2D eigenvalue weighted by Gasteiger charge is 2.20. The number of carbonyl (C=O) groups excluding carboxylic acids is 1. The lowest BCUT2D eigenvalue weighted by Gasteiger charge is -2.26. The molecule has 3 aromatic carbocycles. The highest BCUT2D eigenvalue weighted by Crippen LogP contribution is 2.28. The van der Waals surface area contributed by atoms with E-state index < -0.39 is 10.0 Å². The minimum Gasteiger partial charge on any atom is -0.496 e. The molecule has 1 atom stereocenters. The van der Waals surface area contributed by atoms with E-state index in [1.165, 1.54) is 31.4 Å². The minimum absolute atomic E-state index is 0.0372. The molecule has 0 spiro atoms. The van der Waals surface area contributed by atoms with Gasteiger partial charge in [0, 0.05) is 17.7 Å². The molecule has 180 valence electrons. The van der Waals surface area contributed by atoms with Gasteiger partial charge in [-0.05, 0) is 56.6 Å². The first-order chi connectivity index (χ1) is 16.3. The molecular formula is C25H29N3O5S. The number of amides is 1. The molecule has 0 heterocycles. The van der Waals surface area contributed by atoms with E-state index in [4.69, 9.17) is 9.47 Å². The van der Waals surface area contributed by atoms with E-state index in [2.05, 4.69) is 10.0 Å². The summed E-state index contributed by atoms with van der Waals surface area (Å²) in [7, 11) is 3.09. The Balaban J connectivity index is 1.71. The normalized spacial score (nSPS) is 12.1. The van der Waals surface area contributed by atoms with Gasteiger partial charge in [-0.3, -0.25) is 9.52 Å². The van der Waals surface area contributed by atoms with Crippen LogP contribution in [-0.2, 0) is 10.0 Å². The third kappa shape index (κ3) is 5.86. The van der Waals surface area contributed by atoms with E-state index in [0.29, 0.717) is 23.5 Å². The van der Waals surface area contributed by atoms with Gasteiger partial charge in [0.05, 0.1) is 30.8 Å². The molecule has 0 aliphatic rings. The van der Waals surface area contributed by atoms with E-state index in [1.54, 1.807) is 31.4 Å². The van der Waals surface area contributed by atoms with Crippen LogP contribution >= 0.6 is 0 Å². The average molecular weight is 484 g/mol. The fraction of sp³-hybridized carbons (Fsp3) is 0.240. The zero-order chi connectivity index (χ0) is 24.7. The van der Waals surface area contributed by atoms with Crippen molar-refractivity contribution in [3.05, 3.63) is 83.9 Å². The van der Waals surface area contributed by atoms with Crippen molar-refractivity contribution in [1.82, 2.24) is 10.2 Å². The predicted molar refractivity (Wildman–Crippen MR) is 132 cm³/mol. The second kappa shape index (κ2) is 11.0. The Bertz CT molecular complexity index is 1230. The molecule has 0 saturated carbocycles. The first-order valence-electron chi connectivity index (χ1n) is 10.6. The lowest BCUT2D eigenvalue weighted by atomic mass is 10.0. The molecular weight excluding hydrogens is 454 g/mol. The Morgan fingerprint density at radius 2 is 1.47 bits per heavy atom. The van der Waals surface area contributed by atoms with Crippen LogP contribution in [0.25, 0.3) is 0 Å². The number of para-hydroxylation sites is 3. The van der Waals surface area contributed by atoms with Gasteiger partial charge in [-0.25, -0.2) is 8.42 Å². The van der Waals surface area contributed by atoms with Crippen LogP contribution < -0.4 is 19.5 Å². The molecule has 8 nitrogen and oxygen atoms in total. The number of ether oxygens (including phenoxy) is 2. The quantitative estimate of drug-likeness (QED) is 0.458. The first kappa shape index (κ1) is 25.1. The summed E-state index contributed by atoms with van der Waals surface area (Å²) in [5.74, 6) is 0.850. The van der Waals surface area contributed by atoms with E-state index in [1.807, 2.05) is 43.3 Å². The third-order valence-electron chi connectivity index (χ3n) is 5.36. The smallest absolute Gasteiger partial charge is 0.262 e. The molecule has 3 rings (SSSR count). The van der Waals surface area contributed by atoms with Crippen LogP contribution in [0, 0.1) is 0 Å². The molecule has 0 unspecified atom stereocenters. The van der Waals surface area contributed by atoms with Gasteiger partial charge in [0.2, 0.25) is 0 Å². The van der Waals surface area contributed by atoms with Gasteiger partial charge in [0.25, 0.3) is 15.9 Å². The summed E-state index contributed by atoms with van der Waals surface area (Å²) in [6, 6.07) is 20.1. The number of hydrogen-bond donors (Lipinski definition) is 2. The Kier molecular flexibility index (Phi) is 8.14. The number of rotatable bonds is 10. The van der Waals surface area contributed by atoms with Crippen molar-refractivity contribution in [3.63, 3.8) is 0 Å². The molecule has 1 amide bonds. The van der Waals surface area contributed by atoms with Gasteiger partial charge in [-0.15, -0.1) is 0 Å². The summed E-state index contributed by atoms with van der Waals surface area (Å²) in [5.41, 5.74) is 1.64. The van der Waals surface area contributed by atoms with E-state index in [9.17, 15) is 13.2 Å². The van der Waals surface area contributed by atoms with Gasteiger partial charge in [-0.1, -0.05) is 30.3 Å². The van der Waals surface area contributed by atoms with Gasteiger partial charge >= 0.3 is 0 Å².